The number of carbonyl (C=O) groups is 1. The van der Waals surface area contributed by atoms with Crippen LogP contribution in [-0.4, -0.2) is 11.2 Å². The number of ether oxygens (including phenoxy) is 1. The molecule has 3 rings (SSSR count). The lowest BCUT2D eigenvalue weighted by Crippen LogP contribution is -2.24. The van der Waals surface area contributed by atoms with Crippen LogP contribution in [0.4, 0.5) is 5.69 Å². The SMILES string of the molecule is CCC(Sc1ccc(Cl)cc1)C(=O)Nc1ccc(OCc2ccccc2)cc1. The van der Waals surface area contributed by atoms with Crippen LogP contribution in [0.5, 0.6) is 5.75 Å². The summed E-state index contributed by atoms with van der Waals surface area (Å²) < 4.78 is 5.78. The largest absolute Gasteiger partial charge is 0.489 e. The van der Waals surface area contributed by atoms with Gasteiger partial charge in [-0.25, -0.2) is 0 Å². The lowest BCUT2D eigenvalue weighted by Gasteiger charge is -2.15. The van der Waals surface area contributed by atoms with E-state index in [2.05, 4.69) is 5.32 Å². The van der Waals surface area contributed by atoms with E-state index >= 15 is 0 Å². The van der Waals surface area contributed by atoms with Gasteiger partial charge in [-0.1, -0.05) is 48.9 Å². The van der Waals surface area contributed by atoms with Gasteiger partial charge in [-0.05, 0) is 60.5 Å². The molecule has 1 atom stereocenters. The van der Waals surface area contributed by atoms with Crippen LogP contribution in [-0.2, 0) is 11.4 Å². The van der Waals surface area contributed by atoms with Crippen LogP contribution in [0.3, 0.4) is 0 Å². The number of halogens is 1. The average Bonchev–Trinajstić information content (AvgIpc) is 2.73. The molecular formula is C23H22ClNO2S. The highest BCUT2D eigenvalue weighted by Gasteiger charge is 2.18. The van der Waals surface area contributed by atoms with Gasteiger partial charge in [-0.3, -0.25) is 4.79 Å². The first-order chi connectivity index (χ1) is 13.6. The van der Waals surface area contributed by atoms with E-state index in [-0.39, 0.29) is 11.2 Å². The fraction of sp³-hybridized carbons (Fsp3) is 0.174. The number of benzene rings is 3. The van der Waals surface area contributed by atoms with Gasteiger partial charge >= 0.3 is 0 Å². The number of anilines is 1. The molecule has 0 saturated carbocycles. The minimum atomic E-state index is -0.171. The number of hydrogen-bond donors (Lipinski definition) is 1. The molecule has 1 N–H and O–H groups in total. The second kappa shape index (κ2) is 10.2. The monoisotopic (exact) mass is 411 g/mol. The van der Waals surface area contributed by atoms with E-state index in [0.29, 0.717) is 11.6 Å². The maximum absolute atomic E-state index is 12.6. The summed E-state index contributed by atoms with van der Waals surface area (Å²) in [6.07, 6.45) is 0.734. The van der Waals surface area contributed by atoms with Gasteiger partial charge in [0.25, 0.3) is 0 Å². The molecule has 3 nitrogen and oxygen atoms in total. The maximum atomic E-state index is 12.6. The molecule has 0 bridgehead atoms. The normalized spacial score (nSPS) is 11.6. The van der Waals surface area contributed by atoms with Gasteiger partial charge in [0.05, 0.1) is 5.25 Å². The highest BCUT2D eigenvalue weighted by atomic mass is 35.5. The Morgan fingerprint density at radius 3 is 2.32 bits per heavy atom. The van der Waals surface area contributed by atoms with Crippen LogP contribution in [0.15, 0.2) is 83.8 Å². The second-order valence-corrected chi connectivity index (χ2v) is 7.97. The van der Waals surface area contributed by atoms with E-state index in [1.165, 1.54) is 11.8 Å². The summed E-state index contributed by atoms with van der Waals surface area (Å²) in [5, 5.41) is 3.50. The molecule has 0 spiro atoms. The molecule has 0 aliphatic carbocycles. The number of nitrogens with one attached hydrogen (secondary N) is 1. The van der Waals surface area contributed by atoms with Crippen molar-refractivity contribution in [1.29, 1.82) is 0 Å². The molecule has 3 aromatic rings. The van der Waals surface area contributed by atoms with Gasteiger partial charge in [0, 0.05) is 15.6 Å². The summed E-state index contributed by atoms with van der Waals surface area (Å²) in [6, 6.07) is 25.0. The van der Waals surface area contributed by atoms with E-state index in [1.54, 1.807) is 0 Å². The Labute approximate surface area is 175 Å². The summed E-state index contributed by atoms with van der Waals surface area (Å²) >= 11 is 7.46. The van der Waals surface area contributed by atoms with Crippen molar-refractivity contribution in [2.45, 2.75) is 30.1 Å². The molecule has 0 saturated heterocycles. The Morgan fingerprint density at radius 2 is 1.68 bits per heavy atom. The molecular weight excluding hydrogens is 390 g/mol. The van der Waals surface area contributed by atoms with Gasteiger partial charge in [0.15, 0.2) is 0 Å². The Kier molecular flexibility index (Phi) is 7.40. The Morgan fingerprint density at radius 1 is 1.00 bits per heavy atom. The van der Waals surface area contributed by atoms with Gasteiger partial charge < -0.3 is 10.1 Å². The molecule has 3 aromatic carbocycles. The number of hydrogen-bond acceptors (Lipinski definition) is 3. The minimum Gasteiger partial charge on any atom is -0.489 e. The molecule has 1 amide bonds. The molecule has 144 valence electrons. The smallest absolute Gasteiger partial charge is 0.237 e. The number of carbonyl (C=O) groups excluding carboxylic acids is 1. The standard InChI is InChI=1S/C23H22ClNO2S/c1-2-22(28-21-14-8-18(24)9-15-21)23(26)25-19-10-12-20(13-11-19)27-16-17-6-4-3-5-7-17/h3-15,22H,2,16H2,1H3,(H,25,26). The first-order valence-electron chi connectivity index (χ1n) is 9.14. The summed E-state index contributed by atoms with van der Waals surface area (Å²) in [4.78, 5) is 13.6. The van der Waals surface area contributed by atoms with Crippen molar-refractivity contribution in [3.8, 4) is 5.75 Å². The van der Waals surface area contributed by atoms with Crippen LogP contribution < -0.4 is 10.1 Å². The van der Waals surface area contributed by atoms with Crippen molar-refractivity contribution in [2.24, 2.45) is 0 Å². The Bertz CT molecular complexity index is 883. The second-order valence-electron chi connectivity index (χ2n) is 6.26. The first kappa shape index (κ1) is 20.3. The minimum absolute atomic E-state index is 0.0135. The molecule has 0 aliphatic rings. The van der Waals surface area contributed by atoms with E-state index in [9.17, 15) is 4.79 Å². The summed E-state index contributed by atoms with van der Waals surface area (Å²) in [7, 11) is 0. The summed E-state index contributed by atoms with van der Waals surface area (Å²) in [5.41, 5.74) is 1.87. The third-order valence-electron chi connectivity index (χ3n) is 4.13. The average molecular weight is 412 g/mol. The zero-order valence-electron chi connectivity index (χ0n) is 15.6. The van der Waals surface area contributed by atoms with Gasteiger partial charge in [0.1, 0.15) is 12.4 Å². The predicted molar refractivity (Wildman–Crippen MR) is 117 cm³/mol. The fourth-order valence-electron chi connectivity index (χ4n) is 2.60. The van der Waals surface area contributed by atoms with Crippen molar-refractivity contribution in [3.05, 3.63) is 89.4 Å². The summed E-state index contributed by atoms with van der Waals surface area (Å²) in [6.45, 7) is 2.52. The Balaban J connectivity index is 1.54. The molecule has 5 heteroatoms. The van der Waals surface area contributed by atoms with E-state index in [4.69, 9.17) is 16.3 Å². The zero-order chi connectivity index (χ0) is 19.8. The van der Waals surface area contributed by atoms with Gasteiger partial charge in [0.2, 0.25) is 5.91 Å². The van der Waals surface area contributed by atoms with Crippen LogP contribution in [0.2, 0.25) is 5.02 Å². The number of rotatable bonds is 8. The molecule has 0 fully saturated rings. The van der Waals surface area contributed by atoms with Gasteiger partial charge in [-0.2, -0.15) is 0 Å². The highest BCUT2D eigenvalue weighted by molar-refractivity contribution is 8.00. The van der Waals surface area contributed by atoms with Crippen LogP contribution >= 0.6 is 23.4 Å². The fourth-order valence-corrected chi connectivity index (χ4v) is 3.68. The topological polar surface area (TPSA) is 38.3 Å². The first-order valence-corrected chi connectivity index (χ1v) is 10.4. The highest BCUT2D eigenvalue weighted by Crippen LogP contribution is 2.28. The third kappa shape index (κ3) is 6.04. The lowest BCUT2D eigenvalue weighted by atomic mass is 10.2. The summed E-state index contributed by atoms with van der Waals surface area (Å²) in [5.74, 6) is 0.754. The quantitative estimate of drug-likeness (QED) is 0.434. The number of thioether (sulfide) groups is 1. The van der Waals surface area contributed by atoms with Crippen molar-refractivity contribution in [3.63, 3.8) is 0 Å². The molecule has 0 heterocycles. The molecule has 0 aliphatic heterocycles. The molecule has 0 aromatic heterocycles. The lowest BCUT2D eigenvalue weighted by molar-refractivity contribution is -0.115. The number of amides is 1. The maximum Gasteiger partial charge on any atom is 0.237 e. The van der Waals surface area contributed by atoms with Crippen molar-refractivity contribution >= 4 is 35.0 Å². The zero-order valence-corrected chi connectivity index (χ0v) is 17.2. The van der Waals surface area contributed by atoms with Crippen LogP contribution in [0.1, 0.15) is 18.9 Å². The Hall–Kier alpha value is -2.43. The van der Waals surface area contributed by atoms with Crippen molar-refractivity contribution in [2.75, 3.05) is 5.32 Å². The van der Waals surface area contributed by atoms with Crippen LogP contribution in [0.25, 0.3) is 0 Å². The van der Waals surface area contributed by atoms with Crippen LogP contribution in [0, 0.1) is 0 Å². The van der Waals surface area contributed by atoms with Gasteiger partial charge in [-0.15, -0.1) is 11.8 Å². The molecule has 0 radical (unpaired) electrons. The third-order valence-corrected chi connectivity index (χ3v) is 5.75. The van der Waals surface area contributed by atoms with Crippen molar-refractivity contribution < 1.29 is 9.53 Å². The molecule has 28 heavy (non-hydrogen) atoms. The van der Waals surface area contributed by atoms with E-state index in [1.807, 2.05) is 85.8 Å². The van der Waals surface area contributed by atoms with Crippen molar-refractivity contribution in [1.82, 2.24) is 0 Å². The van der Waals surface area contributed by atoms with E-state index < -0.39 is 0 Å². The van der Waals surface area contributed by atoms with E-state index in [0.717, 1.165) is 28.3 Å². The predicted octanol–water partition coefficient (Wildman–Crippen LogP) is 6.43. The molecule has 1 unspecified atom stereocenters.